The van der Waals surface area contributed by atoms with Crippen molar-refractivity contribution in [3.05, 3.63) is 47.5 Å². The van der Waals surface area contributed by atoms with Crippen molar-refractivity contribution in [3.8, 4) is 11.5 Å². The molecule has 142 valence electrons. The molecule has 0 radical (unpaired) electrons. The Morgan fingerprint density at radius 2 is 1.70 bits per heavy atom. The zero-order valence-electron chi connectivity index (χ0n) is 15.9. The maximum atomic E-state index is 12.4. The molecule has 0 unspecified atom stereocenters. The van der Waals surface area contributed by atoms with Crippen LogP contribution >= 0.6 is 0 Å². The van der Waals surface area contributed by atoms with E-state index in [1.54, 1.807) is 23.1 Å². The van der Waals surface area contributed by atoms with Crippen molar-refractivity contribution in [1.82, 2.24) is 0 Å². The second-order valence-corrected chi connectivity index (χ2v) is 6.56. The molecule has 0 bridgehead atoms. The number of carbonyl (C=O) groups is 2. The Labute approximate surface area is 159 Å². The minimum atomic E-state index is -0.133. The van der Waals surface area contributed by atoms with Crippen LogP contribution in [-0.4, -0.2) is 31.6 Å². The molecule has 0 aliphatic carbocycles. The van der Waals surface area contributed by atoms with Crippen molar-refractivity contribution in [1.29, 1.82) is 0 Å². The lowest BCUT2D eigenvalue weighted by molar-refractivity contribution is -0.117. The summed E-state index contributed by atoms with van der Waals surface area (Å²) in [6.45, 7) is 6.68. The maximum absolute atomic E-state index is 12.4. The molecule has 1 N–H and O–H groups in total. The van der Waals surface area contributed by atoms with E-state index >= 15 is 0 Å². The molecule has 0 saturated heterocycles. The summed E-state index contributed by atoms with van der Waals surface area (Å²) in [5.74, 6) is 1.02. The normalized spacial score (nSPS) is 12.4. The molecule has 1 aliphatic rings. The van der Waals surface area contributed by atoms with Gasteiger partial charge in [0.05, 0.1) is 0 Å². The lowest BCUT2D eigenvalue weighted by atomic mass is 10.1. The van der Waals surface area contributed by atoms with Crippen LogP contribution in [0.1, 0.15) is 24.5 Å². The lowest BCUT2D eigenvalue weighted by Gasteiger charge is -2.24. The standard InChI is InChI=1S/C21H24N2O4/c1-14-5-4-6-15(2)21(14)22-20(25)9-10-23(16(3)24)17-7-8-18-19(13-17)27-12-11-26-18/h4-8,13H,9-12H2,1-3H3,(H,22,25). The minimum Gasteiger partial charge on any atom is -0.486 e. The van der Waals surface area contributed by atoms with Gasteiger partial charge in [-0.25, -0.2) is 0 Å². The van der Waals surface area contributed by atoms with E-state index in [9.17, 15) is 9.59 Å². The fraction of sp³-hybridized carbons (Fsp3) is 0.333. The second-order valence-electron chi connectivity index (χ2n) is 6.56. The zero-order valence-corrected chi connectivity index (χ0v) is 15.9. The van der Waals surface area contributed by atoms with Crippen LogP contribution < -0.4 is 19.7 Å². The van der Waals surface area contributed by atoms with Gasteiger partial charge in [0.15, 0.2) is 11.5 Å². The van der Waals surface area contributed by atoms with Gasteiger partial charge in [0.1, 0.15) is 13.2 Å². The summed E-state index contributed by atoms with van der Waals surface area (Å²) < 4.78 is 11.1. The molecule has 0 spiro atoms. The summed E-state index contributed by atoms with van der Waals surface area (Å²) in [6, 6.07) is 11.2. The van der Waals surface area contributed by atoms with Crippen LogP contribution in [0, 0.1) is 13.8 Å². The Bertz CT molecular complexity index is 843. The van der Waals surface area contributed by atoms with Crippen molar-refractivity contribution in [2.75, 3.05) is 30.0 Å². The predicted molar refractivity (Wildman–Crippen MR) is 105 cm³/mol. The molecular weight excluding hydrogens is 344 g/mol. The fourth-order valence-corrected chi connectivity index (χ4v) is 3.10. The Morgan fingerprint density at radius 3 is 2.37 bits per heavy atom. The molecule has 6 heteroatoms. The first kappa shape index (κ1) is 18.8. The van der Waals surface area contributed by atoms with Gasteiger partial charge in [0.2, 0.25) is 11.8 Å². The first-order valence-corrected chi connectivity index (χ1v) is 8.99. The number of hydrogen-bond donors (Lipinski definition) is 1. The number of carbonyl (C=O) groups excluding carboxylic acids is 2. The van der Waals surface area contributed by atoms with E-state index in [1.165, 1.54) is 6.92 Å². The smallest absolute Gasteiger partial charge is 0.226 e. The first-order valence-electron chi connectivity index (χ1n) is 8.99. The average Bonchev–Trinajstić information content (AvgIpc) is 2.64. The van der Waals surface area contributed by atoms with Crippen molar-refractivity contribution < 1.29 is 19.1 Å². The molecule has 0 saturated carbocycles. The summed E-state index contributed by atoms with van der Waals surface area (Å²) in [5, 5.41) is 2.95. The number of nitrogens with zero attached hydrogens (tertiary/aromatic N) is 1. The third kappa shape index (κ3) is 4.39. The number of benzene rings is 2. The predicted octanol–water partition coefficient (Wildman–Crippen LogP) is 3.46. The highest BCUT2D eigenvalue weighted by molar-refractivity contribution is 5.95. The number of rotatable bonds is 5. The lowest BCUT2D eigenvalue weighted by Crippen LogP contribution is -2.32. The molecule has 6 nitrogen and oxygen atoms in total. The monoisotopic (exact) mass is 368 g/mol. The van der Waals surface area contributed by atoms with E-state index < -0.39 is 0 Å². The van der Waals surface area contributed by atoms with E-state index in [4.69, 9.17) is 9.47 Å². The highest BCUT2D eigenvalue weighted by Gasteiger charge is 2.18. The van der Waals surface area contributed by atoms with Crippen molar-refractivity contribution in [3.63, 3.8) is 0 Å². The molecule has 2 aromatic rings. The van der Waals surface area contributed by atoms with Gasteiger partial charge in [-0.05, 0) is 37.1 Å². The maximum Gasteiger partial charge on any atom is 0.226 e. The highest BCUT2D eigenvalue weighted by atomic mass is 16.6. The fourth-order valence-electron chi connectivity index (χ4n) is 3.10. The van der Waals surface area contributed by atoms with Crippen LogP contribution in [0.5, 0.6) is 11.5 Å². The van der Waals surface area contributed by atoms with E-state index in [0.717, 1.165) is 16.8 Å². The van der Waals surface area contributed by atoms with Crippen molar-refractivity contribution >= 4 is 23.2 Å². The molecule has 3 rings (SSSR count). The number of amides is 2. The molecule has 1 aliphatic heterocycles. The molecule has 1 heterocycles. The van der Waals surface area contributed by atoms with Gasteiger partial charge >= 0.3 is 0 Å². The van der Waals surface area contributed by atoms with Gasteiger partial charge in [-0.3, -0.25) is 9.59 Å². The molecule has 27 heavy (non-hydrogen) atoms. The van der Waals surface area contributed by atoms with Gasteiger partial charge in [0.25, 0.3) is 0 Å². The van der Waals surface area contributed by atoms with Crippen molar-refractivity contribution in [2.24, 2.45) is 0 Å². The number of nitrogens with one attached hydrogen (secondary N) is 1. The van der Waals surface area contributed by atoms with Crippen LogP contribution in [0.15, 0.2) is 36.4 Å². The number of para-hydroxylation sites is 1. The third-order valence-corrected chi connectivity index (χ3v) is 4.53. The summed E-state index contributed by atoms with van der Waals surface area (Å²) in [5.41, 5.74) is 3.54. The van der Waals surface area contributed by atoms with Gasteiger partial charge in [-0.15, -0.1) is 0 Å². The molecule has 0 fully saturated rings. The zero-order chi connectivity index (χ0) is 19.4. The van der Waals surface area contributed by atoms with Crippen molar-refractivity contribution in [2.45, 2.75) is 27.2 Å². The van der Waals surface area contributed by atoms with Gasteiger partial charge in [-0.2, -0.15) is 0 Å². The highest BCUT2D eigenvalue weighted by Crippen LogP contribution is 2.34. The second kappa shape index (κ2) is 8.12. The average molecular weight is 368 g/mol. The quantitative estimate of drug-likeness (QED) is 0.878. The van der Waals surface area contributed by atoms with E-state index in [0.29, 0.717) is 30.4 Å². The number of hydrogen-bond acceptors (Lipinski definition) is 4. The van der Waals surface area contributed by atoms with Gasteiger partial charge < -0.3 is 19.7 Å². The van der Waals surface area contributed by atoms with E-state index in [2.05, 4.69) is 5.32 Å². The summed E-state index contributed by atoms with van der Waals surface area (Å²) in [4.78, 5) is 26.1. The summed E-state index contributed by atoms with van der Waals surface area (Å²) >= 11 is 0. The van der Waals surface area contributed by atoms with Crippen LogP contribution in [0.25, 0.3) is 0 Å². The van der Waals surface area contributed by atoms with Gasteiger partial charge in [0, 0.05) is 37.3 Å². The third-order valence-electron chi connectivity index (χ3n) is 4.53. The van der Waals surface area contributed by atoms with Crippen LogP contribution in [0.4, 0.5) is 11.4 Å². The summed E-state index contributed by atoms with van der Waals surface area (Å²) in [7, 11) is 0. The Kier molecular flexibility index (Phi) is 5.64. The molecular formula is C21H24N2O4. The summed E-state index contributed by atoms with van der Waals surface area (Å²) in [6.07, 6.45) is 0.196. The number of fused-ring (bicyclic) bond motifs is 1. The number of aryl methyl sites for hydroxylation is 2. The minimum absolute atomic E-state index is 0.129. The SMILES string of the molecule is CC(=O)N(CCC(=O)Nc1c(C)cccc1C)c1ccc2c(c1)OCCO2. The first-order chi connectivity index (χ1) is 13.0. The molecule has 2 aromatic carbocycles. The Balaban J connectivity index is 1.68. The van der Waals surface area contributed by atoms with E-state index in [-0.39, 0.29) is 24.8 Å². The Morgan fingerprint density at radius 1 is 1.04 bits per heavy atom. The van der Waals surface area contributed by atoms with Crippen LogP contribution in [0.3, 0.4) is 0 Å². The Hall–Kier alpha value is -3.02. The van der Waals surface area contributed by atoms with E-state index in [1.807, 2.05) is 32.0 Å². The molecule has 0 aromatic heterocycles. The molecule has 0 atom stereocenters. The number of anilines is 2. The largest absolute Gasteiger partial charge is 0.486 e. The van der Waals surface area contributed by atoms with Crippen LogP contribution in [-0.2, 0) is 9.59 Å². The van der Waals surface area contributed by atoms with Gasteiger partial charge in [-0.1, -0.05) is 18.2 Å². The topological polar surface area (TPSA) is 67.9 Å². The molecule has 2 amide bonds. The van der Waals surface area contributed by atoms with Crippen LogP contribution in [0.2, 0.25) is 0 Å². The number of ether oxygens (including phenoxy) is 2.